The number of rotatable bonds is 5. The Hall–Kier alpha value is -0.300. The molecule has 0 saturated carbocycles. The minimum Gasteiger partial charge on any atom is -0.396 e. The summed E-state index contributed by atoms with van der Waals surface area (Å²) in [6.07, 6.45) is 3.21. The smallest absolute Gasteiger partial charge is 0.190 e. The lowest BCUT2D eigenvalue weighted by atomic mass is 9.99. The number of piperidine rings is 1. The number of aliphatic hydroxyl groups is 1. The second kappa shape index (κ2) is 7.99. The molecule has 1 aromatic heterocycles. The Morgan fingerprint density at radius 3 is 3.00 bits per heavy atom. The summed E-state index contributed by atoms with van der Waals surface area (Å²) >= 11 is 1.67. The molecule has 1 atom stereocenters. The summed E-state index contributed by atoms with van der Waals surface area (Å²) in [6, 6.07) is 0. The normalized spacial score (nSPS) is 19.6. The Labute approximate surface area is 118 Å². The van der Waals surface area contributed by atoms with E-state index in [4.69, 9.17) is 5.11 Å². The fourth-order valence-electron chi connectivity index (χ4n) is 2.11. The van der Waals surface area contributed by atoms with E-state index in [1.165, 1.54) is 12.8 Å². The van der Waals surface area contributed by atoms with E-state index in [0.717, 1.165) is 36.2 Å². The van der Waals surface area contributed by atoms with Crippen LogP contribution in [-0.4, -0.2) is 45.3 Å². The van der Waals surface area contributed by atoms with Crippen LogP contribution in [0, 0.1) is 0 Å². The lowest BCUT2D eigenvalue weighted by Gasteiger charge is -2.21. The minimum absolute atomic E-state index is 0. The predicted molar refractivity (Wildman–Crippen MR) is 75.5 cm³/mol. The first-order valence-corrected chi connectivity index (χ1v) is 7.15. The van der Waals surface area contributed by atoms with Gasteiger partial charge < -0.3 is 15.0 Å². The van der Waals surface area contributed by atoms with E-state index in [9.17, 15) is 0 Å². The van der Waals surface area contributed by atoms with E-state index in [1.54, 1.807) is 11.8 Å². The molecule has 1 fully saturated rings. The van der Waals surface area contributed by atoms with E-state index in [2.05, 4.69) is 20.1 Å². The van der Waals surface area contributed by atoms with Crippen LogP contribution in [0.25, 0.3) is 0 Å². The molecule has 0 spiro atoms. The molecule has 104 valence electrons. The third-order valence-electron chi connectivity index (χ3n) is 3.06. The van der Waals surface area contributed by atoms with Crippen molar-refractivity contribution in [3.8, 4) is 0 Å². The Kier molecular flexibility index (Phi) is 6.99. The molecule has 1 aliphatic rings. The highest BCUT2D eigenvalue weighted by atomic mass is 35.5. The molecule has 1 unspecified atom stereocenters. The lowest BCUT2D eigenvalue weighted by molar-refractivity contribution is 0.296. The van der Waals surface area contributed by atoms with Crippen LogP contribution in [0.2, 0.25) is 0 Å². The molecule has 2 N–H and O–H groups in total. The number of hydrogen-bond donors (Lipinski definition) is 2. The van der Waals surface area contributed by atoms with Gasteiger partial charge in [-0.15, -0.1) is 22.6 Å². The van der Waals surface area contributed by atoms with E-state index < -0.39 is 0 Å². The minimum atomic E-state index is 0. The van der Waals surface area contributed by atoms with Crippen molar-refractivity contribution in [3.05, 3.63) is 5.82 Å². The van der Waals surface area contributed by atoms with Crippen LogP contribution in [0.1, 0.15) is 31.0 Å². The first-order chi connectivity index (χ1) is 8.33. The van der Waals surface area contributed by atoms with Crippen molar-refractivity contribution in [2.24, 2.45) is 7.05 Å². The monoisotopic (exact) mass is 292 g/mol. The van der Waals surface area contributed by atoms with E-state index in [-0.39, 0.29) is 19.0 Å². The second-order valence-corrected chi connectivity index (χ2v) is 5.43. The molecular weight excluding hydrogens is 272 g/mol. The summed E-state index contributed by atoms with van der Waals surface area (Å²) in [7, 11) is 2.03. The van der Waals surface area contributed by atoms with Crippen molar-refractivity contribution in [1.82, 2.24) is 20.1 Å². The zero-order valence-corrected chi connectivity index (χ0v) is 12.3. The number of nitrogens with one attached hydrogen (secondary N) is 1. The number of nitrogens with zero attached hydrogens (tertiary/aromatic N) is 3. The molecule has 0 aromatic carbocycles. The van der Waals surface area contributed by atoms with E-state index in [1.807, 2.05) is 7.05 Å². The van der Waals surface area contributed by atoms with Crippen molar-refractivity contribution in [1.29, 1.82) is 0 Å². The number of aromatic nitrogens is 3. The summed E-state index contributed by atoms with van der Waals surface area (Å²) in [4.78, 5) is 0. The van der Waals surface area contributed by atoms with Crippen LogP contribution in [0.15, 0.2) is 5.16 Å². The maximum atomic E-state index is 8.76. The van der Waals surface area contributed by atoms with Gasteiger partial charge in [0.25, 0.3) is 0 Å². The van der Waals surface area contributed by atoms with Crippen molar-refractivity contribution in [2.75, 3.05) is 25.4 Å². The third-order valence-corrected chi connectivity index (χ3v) is 4.17. The van der Waals surface area contributed by atoms with E-state index >= 15 is 0 Å². The highest BCUT2D eigenvalue weighted by molar-refractivity contribution is 7.99. The van der Waals surface area contributed by atoms with Crippen molar-refractivity contribution in [3.63, 3.8) is 0 Å². The molecule has 2 heterocycles. The summed E-state index contributed by atoms with van der Waals surface area (Å²) in [5, 5.41) is 21.7. The lowest BCUT2D eigenvalue weighted by Crippen LogP contribution is -2.29. The molecule has 0 aliphatic carbocycles. The quantitative estimate of drug-likeness (QED) is 0.630. The first kappa shape index (κ1) is 15.8. The maximum Gasteiger partial charge on any atom is 0.190 e. The second-order valence-electron chi connectivity index (χ2n) is 4.37. The van der Waals surface area contributed by atoms with Crippen LogP contribution < -0.4 is 5.32 Å². The Morgan fingerprint density at radius 2 is 2.33 bits per heavy atom. The van der Waals surface area contributed by atoms with Crippen molar-refractivity contribution < 1.29 is 5.11 Å². The molecular formula is C11H21ClN4OS. The van der Waals surface area contributed by atoms with Gasteiger partial charge in [-0.2, -0.15) is 0 Å². The molecule has 1 saturated heterocycles. The average Bonchev–Trinajstić information content (AvgIpc) is 2.73. The van der Waals surface area contributed by atoms with Gasteiger partial charge >= 0.3 is 0 Å². The van der Waals surface area contributed by atoms with Crippen LogP contribution in [-0.2, 0) is 7.05 Å². The number of thioether (sulfide) groups is 1. The van der Waals surface area contributed by atoms with Gasteiger partial charge in [-0.05, 0) is 25.8 Å². The van der Waals surface area contributed by atoms with Crippen LogP contribution in [0.4, 0.5) is 0 Å². The van der Waals surface area contributed by atoms with Gasteiger partial charge in [-0.25, -0.2) is 0 Å². The molecule has 0 amide bonds. The molecule has 1 aliphatic heterocycles. The predicted octanol–water partition coefficient (Wildman–Crippen LogP) is 1.18. The van der Waals surface area contributed by atoms with Crippen LogP contribution >= 0.6 is 24.2 Å². The van der Waals surface area contributed by atoms with Crippen LogP contribution in [0.3, 0.4) is 0 Å². The zero-order chi connectivity index (χ0) is 12.1. The van der Waals surface area contributed by atoms with Gasteiger partial charge in [0.15, 0.2) is 5.16 Å². The SMILES string of the molecule is Cl.Cn1c(SCCCO)nnc1C1CCCNC1. The Balaban J connectivity index is 0.00000162. The zero-order valence-electron chi connectivity index (χ0n) is 10.6. The summed E-state index contributed by atoms with van der Waals surface area (Å²) in [6.45, 7) is 2.37. The van der Waals surface area contributed by atoms with Crippen molar-refractivity contribution >= 4 is 24.2 Å². The van der Waals surface area contributed by atoms with Gasteiger partial charge in [0.05, 0.1) is 0 Å². The summed E-state index contributed by atoms with van der Waals surface area (Å²) in [5.74, 6) is 2.47. The molecule has 2 rings (SSSR count). The van der Waals surface area contributed by atoms with E-state index in [0.29, 0.717) is 5.92 Å². The highest BCUT2D eigenvalue weighted by Gasteiger charge is 2.21. The first-order valence-electron chi connectivity index (χ1n) is 6.16. The highest BCUT2D eigenvalue weighted by Crippen LogP contribution is 2.24. The molecule has 5 nitrogen and oxygen atoms in total. The molecule has 18 heavy (non-hydrogen) atoms. The number of aliphatic hydroxyl groups excluding tert-OH is 1. The fraction of sp³-hybridized carbons (Fsp3) is 0.818. The van der Waals surface area contributed by atoms with Gasteiger partial charge in [-0.1, -0.05) is 11.8 Å². The number of hydrogen-bond acceptors (Lipinski definition) is 5. The van der Waals surface area contributed by atoms with Crippen LogP contribution in [0.5, 0.6) is 0 Å². The standard InChI is InChI=1S/C11H20N4OS.ClH/c1-15-10(9-4-2-5-12-8-9)13-14-11(15)17-7-3-6-16;/h9,12,16H,2-8H2,1H3;1H. The third kappa shape index (κ3) is 3.85. The topological polar surface area (TPSA) is 63.0 Å². The van der Waals surface area contributed by atoms with Gasteiger partial charge in [0, 0.05) is 31.9 Å². The fourth-order valence-corrected chi connectivity index (χ4v) is 2.95. The van der Waals surface area contributed by atoms with Gasteiger partial charge in [0.1, 0.15) is 5.82 Å². The Morgan fingerprint density at radius 1 is 1.50 bits per heavy atom. The summed E-state index contributed by atoms with van der Waals surface area (Å²) < 4.78 is 2.10. The van der Waals surface area contributed by atoms with Crippen molar-refractivity contribution in [2.45, 2.75) is 30.3 Å². The largest absolute Gasteiger partial charge is 0.396 e. The summed E-state index contributed by atoms with van der Waals surface area (Å²) in [5.41, 5.74) is 0. The average molecular weight is 293 g/mol. The maximum absolute atomic E-state index is 8.76. The molecule has 7 heteroatoms. The molecule has 1 aromatic rings. The van der Waals surface area contributed by atoms with Gasteiger partial charge in [-0.3, -0.25) is 0 Å². The number of halogens is 1. The molecule has 0 radical (unpaired) electrons. The van der Waals surface area contributed by atoms with Gasteiger partial charge in [0.2, 0.25) is 0 Å². The Bertz CT molecular complexity index is 355. The molecule has 0 bridgehead atoms.